The zero-order valence-electron chi connectivity index (χ0n) is 24.4. The number of phenols is 1. The van der Waals surface area contributed by atoms with Crippen molar-refractivity contribution in [2.45, 2.75) is 31.2 Å². The largest absolute Gasteiger partial charge is 0.505 e. The lowest BCUT2D eigenvalue weighted by Crippen LogP contribution is -2.69. The van der Waals surface area contributed by atoms with Gasteiger partial charge in [0.05, 0.1) is 46.5 Å². The van der Waals surface area contributed by atoms with Gasteiger partial charge in [0.25, 0.3) is 0 Å². The molecule has 0 heterocycles. The zero-order valence-corrected chi connectivity index (χ0v) is 25.1. The Balaban J connectivity index is 1.51. The molecule has 244 valence electrons. The molecule has 16 heteroatoms. The number of fused-ring (bicyclic) bond motifs is 3. The van der Waals surface area contributed by atoms with E-state index in [2.05, 4.69) is 5.32 Å². The lowest BCUT2D eigenvalue weighted by molar-refractivity contribution is -0.167. The number of nitrogens with zero attached hydrogens (tertiary/aromatic N) is 1. The molecule has 0 spiro atoms. The van der Waals surface area contributed by atoms with Crippen LogP contribution in [0.3, 0.4) is 0 Å². The van der Waals surface area contributed by atoms with Crippen LogP contribution in [0.25, 0.3) is 0 Å². The SMILES string of the molecule is CC1c2ccc(NC(=O)Nc3ccc(Cl)cc3C(F)(F)F)c(O)c2C(=O)C2C(=O)C3C(=O)C(C(N)=O)C(=O)[C@@H](N(C)C)C3[C@@H](O)C21. The van der Waals surface area contributed by atoms with E-state index in [-0.39, 0.29) is 16.3 Å². The van der Waals surface area contributed by atoms with Crippen molar-refractivity contribution in [1.29, 1.82) is 0 Å². The molecule has 3 aliphatic carbocycles. The molecule has 0 saturated heterocycles. The van der Waals surface area contributed by atoms with E-state index in [4.69, 9.17) is 17.3 Å². The monoisotopic (exact) mass is 664 g/mol. The number of aromatic hydroxyl groups is 1. The molecule has 2 saturated carbocycles. The Kier molecular flexibility index (Phi) is 8.24. The molecule has 0 aliphatic heterocycles. The number of nitrogens with one attached hydrogen (secondary N) is 2. The number of hydrogen-bond acceptors (Lipinski definition) is 9. The standard InChI is InChI=1S/C30H28ClF3N4O8/c1-9-11-5-7-14(37-29(46)36-13-6-4-10(31)8-12(13)30(32,33)34)22(39)16(11)24(41)18-15(9)23(40)17-19(25(18)42)26(43)20(28(35)45)27(44)21(17)38(2)3/h4-9,15,17-21,23,39-40H,1-3H3,(H2,35,45)(H2,36,37,46)/t9?,15?,17?,18?,19?,20?,21-,23-/m0/s1. The van der Waals surface area contributed by atoms with E-state index in [0.29, 0.717) is 6.07 Å². The van der Waals surface area contributed by atoms with Crippen LogP contribution in [-0.4, -0.2) is 76.4 Å². The Morgan fingerprint density at radius 3 is 2.13 bits per heavy atom. The summed E-state index contributed by atoms with van der Waals surface area (Å²) in [7, 11) is 2.95. The second-order valence-corrected chi connectivity index (χ2v) is 12.3. The lowest BCUT2D eigenvalue weighted by atomic mass is 9.51. The Morgan fingerprint density at radius 1 is 0.935 bits per heavy atom. The Morgan fingerprint density at radius 2 is 1.54 bits per heavy atom. The summed E-state index contributed by atoms with van der Waals surface area (Å²) in [4.78, 5) is 80.7. The number of likely N-dealkylation sites (N-methyl/N-ethyl adjacent to an activating group) is 1. The Hall–Kier alpha value is -4.34. The number of Topliss-reactive ketones (excluding diaryl/α,β-unsaturated/α-hetero) is 4. The molecule has 2 aromatic rings. The van der Waals surface area contributed by atoms with Crippen LogP contribution in [0.15, 0.2) is 30.3 Å². The molecule has 46 heavy (non-hydrogen) atoms. The highest BCUT2D eigenvalue weighted by atomic mass is 35.5. The maximum absolute atomic E-state index is 14.0. The number of ketones is 4. The van der Waals surface area contributed by atoms with Crippen molar-refractivity contribution in [2.75, 3.05) is 24.7 Å². The molecule has 2 aromatic carbocycles. The number of benzene rings is 2. The molecule has 8 atom stereocenters. The van der Waals surface area contributed by atoms with E-state index in [1.54, 1.807) is 6.92 Å². The summed E-state index contributed by atoms with van der Waals surface area (Å²) in [5, 5.41) is 26.7. The van der Waals surface area contributed by atoms with Gasteiger partial charge in [0.1, 0.15) is 5.75 Å². The Labute approximate surface area is 264 Å². The van der Waals surface area contributed by atoms with Crippen LogP contribution in [0.1, 0.15) is 34.3 Å². The number of nitrogens with two attached hydrogens (primary N) is 1. The van der Waals surface area contributed by atoms with E-state index in [9.17, 15) is 52.2 Å². The number of primary amides is 1. The smallest absolute Gasteiger partial charge is 0.418 e. The number of alkyl halides is 3. The average Bonchev–Trinajstić information content (AvgIpc) is 2.94. The molecular formula is C30H28ClF3N4O8. The lowest BCUT2D eigenvalue weighted by Gasteiger charge is -2.52. The van der Waals surface area contributed by atoms with Gasteiger partial charge < -0.3 is 26.6 Å². The number of urea groups is 1. The summed E-state index contributed by atoms with van der Waals surface area (Å²) < 4.78 is 40.5. The van der Waals surface area contributed by atoms with Gasteiger partial charge in [0, 0.05) is 16.9 Å². The third-order valence-corrected chi connectivity index (χ3v) is 9.37. The van der Waals surface area contributed by atoms with Gasteiger partial charge in [-0.05, 0) is 49.8 Å². The van der Waals surface area contributed by atoms with Gasteiger partial charge in [0.15, 0.2) is 29.1 Å². The number of phenolic OH excluding ortho intramolecular Hbond substituents is 1. The molecule has 6 unspecified atom stereocenters. The number of anilines is 2. The van der Waals surface area contributed by atoms with Gasteiger partial charge in [-0.15, -0.1) is 0 Å². The molecule has 0 bridgehead atoms. The second-order valence-electron chi connectivity index (χ2n) is 11.9. The third kappa shape index (κ3) is 5.11. The fourth-order valence-electron chi connectivity index (χ4n) is 7.22. The van der Waals surface area contributed by atoms with E-state index in [1.807, 2.05) is 5.32 Å². The van der Waals surface area contributed by atoms with Crippen molar-refractivity contribution in [3.05, 3.63) is 52.0 Å². The van der Waals surface area contributed by atoms with Crippen LogP contribution in [0.2, 0.25) is 5.02 Å². The third-order valence-electron chi connectivity index (χ3n) is 9.13. The van der Waals surface area contributed by atoms with E-state index in [0.717, 1.165) is 12.1 Å². The van der Waals surface area contributed by atoms with Gasteiger partial charge in [-0.2, -0.15) is 13.2 Å². The first-order valence-electron chi connectivity index (χ1n) is 14.0. The number of hydrogen-bond donors (Lipinski definition) is 5. The van der Waals surface area contributed by atoms with Crippen LogP contribution < -0.4 is 16.4 Å². The van der Waals surface area contributed by atoms with Crippen molar-refractivity contribution < 1.29 is 52.2 Å². The number of carbonyl (C=O) groups excluding carboxylic acids is 6. The highest BCUT2D eigenvalue weighted by Gasteiger charge is 2.65. The van der Waals surface area contributed by atoms with Gasteiger partial charge in [-0.3, -0.25) is 28.9 Å². The second kappa shape index (κ2) is 11.5. The molecule has 0 aromatic heterocycles. The van der Waals surface area contributed by atoms with Gasteiger partial charge in [-0.25, -0.2) is 4.79 Å². The first-order valence-corrected chi connectivity index (χ1v) is 14.4. The predicted molar refractivity (Wildman–Crippen MR) is 155 cm³/mol. The van der Waals surface area contributed by atoms with Gasteiger partial charge in [0.2, 0.25) is 5.91 Å². The maximum Gasteiger partial charge on any atom is 0.418 e. The number of aliphatic hydroxyl groups excluding tert-OH is 1. The Bertz CT molecular complexity index is 1710. The summed E-state index contributed by atoms with van der Waals surface area (Å²) in [6.07, 6.45) is -6.42. The van der Waals surface area contributed by atoms with Crippen molar-refractivity contribution in [2.24, 2.45) is 35.3 Å². The molecular weight excluding hydrogens is 637 g/mol. The number of rotatable bonds is 4. The minimum atomic E-state index is -4.87. The van der Waals surface area contributed by atoms with Crippen molar-refractivity contribution in [3.8, 4) is 5.75 Å². The van der Waals surface area contributed by atoms with E-state index < -0.39 is 111 Å². The molecule has 6 N–H and O–H groups in total. The molecule has 3 amide bonds. The van der Waals surface area contributed by atoms with Crippen molar-refractivity contribution in [1.82, 2.24) is 4.90 Å². The summed E-state index contributed by atoms with van der Waals surface area (Å²) >= 11 is 5.68. The number of aliphatic hydroxyl groups is 1. The molecule has 5 rings (SSSR count). The van der Waals surface area contributed by atoms with Crippen LogP contribution in [0.5, 0.6) is 5.75 Å². The van der Waals surface area contributed by atoms with Crippen LogP contribution in [-0.2, 0) is 25.4 Å². The van der Waals surface area contributed by atoms with Gasteiger partial charge in [-0.1, -0.05) is 24.6 Å². The maximum atomic E-state index is 14.0. The first kappa shape index (κ1) is 33.0. The number of halogens is 4. The van der Waals surface area contributed by atoms with Crippen molar-refractivity contribution in [3.63, 3.8) is 0 Å². The summed E-state index contributed by atoms with van der Waals surface area (Å²) in [5.74, 6) is -14.6. The number of amides is 3. The molecule has 12 nitrogen and oxygen atoms in total. The van der Waals surface area contributed by atoms with Crippen LogP contribution >= 0.6 is 11.6 Å². The highest BCUT2D eigenvalue weighted by Crippen LogP contribution is 2.54. The minimum Gasteiger partial charge on any atom is -0.505 e. The van der Waals surface area contributed by atoms with Crippen LogP contribution in [0, 0.1) is 29.6 Å². The van der Waals surface area contributed by atoms with E-state index in [1.165, 1.54) is 31.1 Å². The topological polar surface area (TPSA) is 196 Å². The van der Waals surface area contributed by atoms with Crippen LogP contribution in [0.4, 0.5) is 29.3 Å². The summed E-state index contributed by atoms with van der Waals surface area (Å²) in [5.41, 5.74) is 2.86. The van der Waals surface area contributed by atoms with Gasteiger partial charge >= 0.3 is 12.2 Å². The summed E-state index contributed by atoms with van der Waals surface area (Å²) in [6.45, 7) is 1.57. The fourth-order valence-corrected chi connectivity index (χ4v) is 7.39. The van der Waals surface area contributed by atoms with E-state index >= 15 is 0 Å². The molecule has 3 aliphatic rings. The fraction of sp³-hybridized carbons (Fsp3) is 0.400. The predicted octanol–water partition coefficient (Wildman–Crippen LogP) is 2.60. The minimum absolute atomic E-state index is 0.182. The highest BCUT2D eigenvalue weighted by molar-refractivity contribution is 6.31. The normalized spacial score (nSPS) is 29.2. The quantitative estimate of drug-likeness (QED) is 0.241. The first-order chi connectivity index (χ1) is 21.4. The molecule has 2 fully saturated rings. The zero-order chi connectivity index (χ0) is 34.2. The molecule has 0 radical (unpaired) electrons. The number of carbonyl (C=O) groups is 6. The summed E-state index contributed by atoms with van der Waals surface area (Å²) in [6, 6.07) is 2.75. The van der Waals surface area contributed by atoms with Crippen molar-refractivity contribution >= 4 is 58.0 Å². The average molecular weight is 665 g/mol.